The molecule has 1 aliphatic heterocycles. The molecule has 1 N–H and O–H groups in total. The third kappa shape index (κ3) is 2.52. The van der Waals surface area contributed by atoms with Gasteiger partial charge in [-0.15, -0.1) is 0 Å². The molecule has 1 aromatic heterocycles. The number of rotatable bonds is 3. The summed E-state index contributed by atoms with van der Waals surface area (Å²) >= 11 is 0. The average molecular weight is 266 g/mol. The maximum Gasteiger partial charge on any atom is 0.153 e. The highest BCUT2D eigenvalue weighted by Crippen LogP contribution is 2.25. The maximum absolute atomic E-state index is 11.8. The van der Waals surface area contributed by atoms with Crippen LogP contribution in [0.25, 0.3) is 0 Å². The minimum atomic E-state index is -3.02. The van der Waals surface area contributed by atoms with Crippen LogP contribution in [0.4, 0.5) is 0 Å². The van der Waals surface area contributed by atoms with E-state index in [0.29, 0.717) is 36.1 Å². The number of nitriles is 1. The number of pyridine rings is 1. The summed E-state index contributed by atoms with van der Waals surface area (Å²) in [5, 5.41) is 17.6. The molecule has 0 amide bonds. The highest BCUT2D eigenvalue weighted by Gasteiger charge is 2.31. The summed E-state index contributed by atoms with van der Waals surface area (Å²) in [7, 11) is -3.02. The second kappa shape index (κ2) is 5.04. The first-order chi connectivity index (χ1) is 8.56. The smallest absolute Gasteiger partial charge is 0.153 e. The Morgan fingerprint density at radius 3 is 2.89 bits per heavy atom. The lowest BCUT2D eigenvalue weighted by atomic mass is 10.0. The fourth-order valence-electron chi connectivity index (χ4n) is 2.25. The molecule has 1 aromatic rings. The van der Waals surface area contributed by atoms with E-state index in [-0.39, 0.29) is 12.4 Å². The van der Waals surface area contributed by atoms with Crippen molar-refractivity contribution in [2.75, 3.05) is 5.75 Å². The molecular weight excluding hydrogens is 252 g/mol. The van der Waals surface area contributed by atoms with E-state index in [2.05, 4.69) is 4.98 Å². The van der Waals surface area contributed by atoms with Gasteiger partial charge in [0, 0.05) is 6.20 Å². The van der Waals surface area contributed by atoms with Gasteiger partial charge in [-0.25, -0.2) is 8.42 Å². The molecule has 0 aliphatic carbocycles. The fraction of sp³-hybridized carbons (Fsp3) is 0.500. The van der Waals surface area contributed by atoms with Crippen molar-refractivity contribution in [1.29, 1.82) is 5.26 Å². The molecule has 96 valence electrons. The molecule has 0 radical (unpaired) electrons. The van der Waals surface area contributed by atoms with Gasteiger partial charge < -0.3 is 5.11 Å². The number of hydrogen-bond donors (Lipinski definition) is 1. The molecule has 0 spiro atoms. The van der Waals surface area contributed by atoms with Gasteiger partial charge in [-0.05, 0) is 30.9 Å². The lowest BCUT2D eigenvalue weighted by molar-refractivity contribution is 0.275. The zero-order valence-electron chi connectivity index (χ0n) is 9.83. The van der Waals surface area contributed by atoms with Crippen LogP contribution in [0.1, 0.15) is 29.7 Å². The van der Waals surface area contributed by atoms with Gasteiger partial charge in [0.25, 0.3) is 0 Å². The Balaban J connectivity index is 2.31. The van der Waals surface area contributed by atoms with Crippen LogP contribution in [-0.4, -0.2) is 29.5 Å². The Hall–Kier alpha value is -1.45. The molecule has 1 aliphatic rings. The van der Waals surface area contributed by atoms with E-state index in [1.54, 1.807) is 6.07 Å². The number of aromatic nitrogens is 1. The third-order valence-corrected chi connectivity index (χ3v) is 5.52. The zero-order chi connectivity index (χ0) is 13.2. The van der Waals surface area contributed by atoms with E-state index in [1.165, 1.54) is 6.20 Å². The largest absolute Gasteiger partial charge is 0.390 e. The van der Waals surface area contributed by atoms with Crippen LogP contribution >= 0.6 is 0 Å². The number of sulfone groups is 1. The number of aliphatic hydroxyl groups is 1. The molecule has 0 bridgehead atoms. The van der Waals surface area contributed by atoms with Crippen LogP contribution in [0.3, 0.4) is 0 Å². The molecule has 5 nitrogen and oxygen atoms in total. The molecule has 1 fully saturated rings. The van der Waals surface area contributed by atoms with E-state index in [0.717, 1.165) is 0 Å². The first kappa shape index (κ1) is 13.0. The number of aliphatic hydroxyl groups excluding tert-OH is 1. The minimum Gasteiger partial charge on any atom is -0.390 e. The topological polar surface area (TPSA) is 91.0 Å². The Morgan fingerprint density at radius 2 is 2.33 bits per heavy atom. The van der Waals surface area contributed by atoms with E-state index in [9.17, 15) is 13.5 Å². The molecule has 18 heavy (non-hydrogen) atoms. The van der Waals surface area contributed by atoms with Crippen LogP contribution in [0.5, 0.6) is 0 Å². The van der Waals surface area contributed by atoms with E-state index in [1.807, 2.05) is 6.07 Å². The molecule has 6 heteroatoms. The van der Waals surface area contributed by atoms with Gasteiger partial charge in [0.2, 0.25) is 0 Å². The minimum absolute atomic E-state index is 0.234. The van der Waals surface area contributed by atoms with Crippen molar-refractivity contribution >= 4 is 9.84 Å². The summed E-state index contributed by atoms with van der Waals surface area (Å²) in [6, 6.07) is 3.59. The second-order valence-corrected chi connectivity index (χ2v) is 6.84. The van der Waals surface area contributed by atoms with Crippen LogP contribution in [-0.2, 0) is 22.9 Å². The quantitative estimate of drug-likeness (QED) is 0.863. The molecule has 1 unspecified atom stereocenters. The molecule has 2 heterocycles. The summed E-state index contributed by atoms with van der Waals surface area (Å²) in [4.78, 5) is 3.99. The summed E-state index contributed by atoms with van der Waals surface area (Å²) in [6.45, 7) is -0.242. The van der Waals surface area contributed by atoms with Gasteiger partial charge in [0.15, 0.2) is 9.84 Å². The SMILES string of the molecule is N#Cc1cnc(CO)c(CC2CCCS2(=O)=O)c1. The van der Waals surface area contributed by atoms with Crippen LogP contribution in [0.2, 0.25) is 0 Å². The molecule has 2 rings (SSSR count). The van der Waals surface area contributed by atoms with E-state index >= 15 is 0 Å². The molecule has 1 saturated heterocycles. The van der Waals surface area contributed by atoms with Crippen LogP contribution < -0.4 is 0 Å². The summed E-state index contributed by atoms with van der Waals surface area (Å²) in [5.74, 6) is 0.234. The predicted octanol–water partition coefficient (Wildman–Crippen LogP) is 0.565. The third-order valence-electron chi connectivity index (χ3n) is 3.25. The maximum atomic E-state index is 11.8. The van der Waals surface area contributed by atoms with Crippen molar-refractivity contribution in [2.24, 2.45) is 0 Å². The van der Waals surface area contributed by atoms with Crippen LogP contribution in [0, 0.1) is 11.3 Å². The van der Waals surface area contributed by atoms with Crippen molar-refractivity contribution in [2.45, 2.75) is 31.1 Å². The Labute approximate surface area is 106 Å². The highest BCUT2D eigenvalue weighted by molar-refractivity contribution is 7.92. The van der Waals surface area contributed by atoms with Crippen molar-refractivity contribution in [3.8, 4) is 6.07 Å². The Kier molecular flexibility index (Phi) is 3.64. The van der Waals surface area contributed by atoms with Crippen molar-refractivity contribution in [3.05, 3.63) is 29.1 Å². The second-order valence-electron chi connectivity index (χ2n) is 4.44. The fourth-order valence-corrected chi connectivity index (χ4v) is 4.11. The number of nitrogens with zero attached hydrogens (tertiary/aromatic N) is 2. The van der Waals surface area contributed by atoms with E-state index in [4.69, 9.17) is 5.26 Å². The Morgan fingerprint density at radius 1 is 1.56 bits per heavy atom. The summed E-state index contributed by atoms with van der Waals surface area (Å²) in [5.41, 5.74) is 1.50. The summed E-state index contributed by atoms with van der Waals surface area (Å²) in [6.07, 6.45) is 3.05. The van der Waals surface area contributed by atoms with Gasteiger partial charge in [-0.2, -0.15) is 5.26 Å². The average Bonchev–Trinajstić information content (AvgIpc) is 2.68. The predicted molar refractivity (Wildman–Crippen MR) is 65.4 cm³/mol. The lowest BCUT2D eigenvalue weighted by Gasteiger charge is -2.12. The van der Waals surface area contributed by atoms with Gasteiger partial charge in [-0.3, -0.25) is 4.98 Å². The summed E-state index contributed by atoms with van der Waals surface area (Å²) < 4.78 is 23.5. The van der Waals surface area contributed by atoms with Gasteiger partial charge >= 0.3 is 0 Å². The lowest BCUT2D eigenvalue weighted by Crippen LogP contribution is -2.19. The van der Waals surface area contributed by atoms with Gasteiger partial charge in [0.1, 0.15) is 6.07 Å². The first-order valence-corrected chi connectivity index (χ1v) is 7.48. The molecule has 0 aromatic carbocycles. The standard InChI is InChI=1S/C12H14N2O3S/c13-6-9-4-10(12(8-15)14-7-9)5-11-2-1-3-18(11,16)17/h4,7,11,15H,1-3,5,8H2. The molecule has 0 saturated carbocycles. The van der Waals surface area contributed by atoms with Gasteiger partial charge in [0.05, 0.1) is 28.9 Å². The highest BCUT2D eigenvalue weighted by atomic mass is 32.2. The van der Waals surface area contributed by atoms with Crippen molar-refractivity contribution in [1.82, 2.24) is 4.98 Å². The van der Waals surface area contributed by atoms with Crippen LogP contribution in [0.15, 0.2) is 12.3 Å². The normalized spacial score (nSPS) is 21.7. The molecular formula is C12H14N2O3S. The van der Waals surface area contributed by atoms with Crippen molar-refractivity contribution in [3.63, 3.8) is 0 Å². The first-order valence-electron chi connectivity index (χ1n) is 5.77. The van der Waals surface area contributed by atoms with E-state index < -0.39 is 15.1 Å². The van der Waals surface area contributed by atoms with Crippen molar-refractivity contribution < 1.29 is 13.5 Å². The monoisotopic (exact) mass is 266 g/mol. The number of hydrogen-bond acceptors (Lipinski definition) is 5. The van der Waals surface area contributed by atoms with Gasteiger partial charge in [-0.1, -0.05) is 0 Å². The molecule has 1 atom stereocenters. The Bertz CT molecular complexity index is 590. The zero-order valence-corrected chi connectivity index (χ0v) is 10.7.